The zero-order valence-electron chi connectivity index (χ0n) is 17.5. The van der Waals surface area contributed by atoms with E-state index in [1.807, 2.05) is 0 Å². The summed E-state index contributed by atoms with van der Waals surface area (Å²) in [6.07, 6.45) is 16.2. The molecule has 0 fully saturated rings. The van der Waals surface area contributed by atoms with Gasteiger partial charge in [0, 0.05) is 13.1 Å². The molecule has 0 unspecified atom stereocenters. The molecule has 1 rings (SSSR count). The van der Waals surface area contributed by atoms with Crippen LogP contribution in [0.1, 0.15) is 58.9 Å². The van der Waals surface area contributed by atoms with Crippen molar-refractivity contribution in [1.82, 2.24) is 4.90 Å². The number of benzene rings is 1. The number of rotatable bonds is 11. The molecule has 0 N–H and O–H groups in total. The van der Waals surface area contributed by atoms with Gasteiger partial charge in [-0.3, -0.25) is 4.90 Å². The molecule has 0 radical (unpaired) electrons. The molecule has 0 saturated carbocycles. The van der Waals surface area contributed by atoms with E-state index in [9.17, 15) is 0 Å². The molecule has 0 aliphatic heterocycles. The summed E-state index contributed by atoms with van der Waals surface area (Å²) in [5.74, 6) is 0. The lowest BCUT2D eigenvalue weighted by atomic mass is 10.1. The standard InChI is InChI=1S/C25H37N/c1-22(2)12-9-13-23(3)14-10-15-24(4)19-21-26(5)20-11-18-25-16-7-6-8-17-25/h6-8,11-12,14,16-19H,9-10,13,15,20-21H2,1-5H3/b18-11+,23-14-,24-19+. The van der Waals surface area contributed by atoms with E-state index in [0.717, 1.165) is 25.9 Å². The molecule has 0 heterocycles. The Kier molecular flexibility index (Phi) is 11.4. The Labute approximate surface area is 161 Å². The van der Waals surface area contributed by atoms with Crippen molar-refractivity contribution in [2.45, 2.75) is 53.4 Å². The summed E-state index contributed by atoms with van der Waals surface area (Å²) in [6.45, 7) is 10.8. The fraction of sp³-hybridized carbons (Fsp3) is 0.440. The zero-order chi connectivity index (χ0) is 19.2. The van der Waals surface area contributed by atoms with E-state index in [1.54, 1.807) is 0 Å². The fourth-order valence-corrected chi connectivity index (χ4v) is 2.66. The van der Waals surface area contributed by atoms with E-state index in [1.165, 1.54) is 35.1 Å². The summed E-state index contributed by atoms with van der Waals surface area (Å²) in [4.78, 5) is 2.34. The predicted molar refractivity (Wildman–Crippen MR) is 118 cm³/mol. The first-order valence-corrected chi connectivity index (χ1v) is 9.82. The Hall–Kier alpha value is -1.86. The minimum Gasteiger partial charge on any atom is -0.299 e. The van der Waals surface area contributed by atoms with Gasteiger partial charge in [0.25, 0.3) is 0 Å². The fourth-order valence-electron chi connectivity index (χ4n) is 2.66. The molecule has 1 aromatic carbocycles. The van der Waals surface area contributed by atoms with Gasteiger partial charge in [-0.1, -0.05) is 77.4 Å². The highest BCUT2D eigenvalue weighted by Gasteiger charge is 1.95. The van der Waals surface area contributed by atoms with Gasteiger partial charge in [-0.05, 0) is 66.0 Å². The molecule has 0 aliphatic carbocycles. The van der Waals surface area contributed by atoms with Gasteiger partial charge in [0.05, 0.1) is 0 Å². The van der Waals surface area contributed by atoms with Crippen molar-refractivity contribution < 1.29 is 0 Å². The molecule has 0 spiro atoms. The Morgan fingerprint density at radius 3 is 2.08 bits per heavy atom. The van der Waals surface area contributed by atoms with Gasteiger partial charge in [0.15, 0.2) is 0 Å². The quantitative estimate of drug-likeness (QED) is 0.386. The first kappa shape index (κ1) is 22.2. The van der Waals surface area contributed by atoms with Crippen molar-refractivity contribution >= 4 is 6.08 Å². The maximum atomic E-state index is 2.41. The molecule has 1 aromatic rings. The summed E-state index contributed by atoms with van der Waals surface area (Å²) >= 11 is 0. The molecule has 0 aliphatic rings. The van der Waals surface area contributed by atoms with Gasteiger partial charge >= 0.3 is 0 Å². The molecule has 1 heteroatoms. The smallest absolute Gasteiger partial charge is 0.0166 e. The van der Waals surface area contributed by atoms with Crippen LogP contribution in [0.15, 0.2) is 71.4 Å². The van der Waals surface area contributed by atoms with Crippen LogP contribution in [0.5, 0.6) is 0 Å². The lowest BCUT2D eigenvalue weighted by molar-refractivity contribution is 0.412. The minimum absolute atomic E-state index is 0.974. The van der Waals surface area contributed by atoms with Gasteiger partial charge < -0.3 is 0 Å². The van der Waals surface area contributed by atoms with E-state index in [2.05, 4.69) is 100 Å². The number of nitrogens with zero attached hydrogens (tertiary/aromatic N) is 1. The van der Waals surface area contributed by atoms with Crippen molar-refractivity contribution in [2.75, 3.05) is 20.1 Å². The number of hydrogen-bond donors (Lipinski definition) is 0. The molecule has 0 bridgehead atoms. The van der Waals surface area contributed by atoms with Crippen molar-refractivity contribution in [3.63, 3.8) is 0 Å². The van der Waals surface area contributed by atoms with Gasteiger partial charge in [0.2, 0.25) is 0 Å². The molecule has 0 saturated heterocycles. The lowest BCUT2D eigenvalue weighted by Crippen LogP contribution is -2.18. The molecule has 0 amide bonds. The molecule has 0 aromatic heterocycles. The van der Waals surface area contributed by atoms with Crippen LogP contribution in [0.2, 0.25) is 0 Å². The van der Waals surface area contributed by atoms with E-state index in [4.69, 9.17) is 0 Å². The van der Waals surface area contributed by atoms with E-state index in [-0.39, 0.29) is 0 Å². The van der Waals surface area contributed by atoms with Crippen LogP contribution < -0.4 is 0 Å². The summed E-state index contributed by atoms with van der Waals surface area (Å²) in [6, 6.07) is 10.5. The van der Waals surface area contributed by atoms with Crippen LogP contribution in [0.3, 0.4) is 0 Å². The topological polar surface area (TPSA) is 3.24 Å². The number of hydrogen-bond acceptors (Lipinski definition) is 1. The molecule has 142 valence electrons. The second-order valence-corrected chi connectivity index (χ2v) is 7.49. The zero-order valence-corrected chi connectivity index (χ0v) is 17.5. The van der Waals surface area contributed by atoms with Crippen LogP contribution in [0, 0.1) is 0 Å². The van der Waals surface area contributed by atoms with E-state index >= 15 is 0 Å². The second-order valence-electron chi connectivity index (χ2n) is 7.49. The maximum absolute atomic E-state index is 2.41. The summed E-state index contributed by atoms with van der Waals surface area (Å²) in [5.41, 5.74) is 5.68. The van der Waals surface area contributed by atoms with Crippen molar-refractivity contribution in [1.29, 1.82) is 0 Å². The third-order valence-electron chi connectivity index (χ3n) is 4.40. The third kappa shape index (κ3) is 11.7. The van der Waals surface area contributed by atoms with Crippen LogP contribution in [0.4, 0.5) is 0 Å². The lowest BCUT2D eigenvalue weighted by Gasteiger charge is -2.12. The van der Waals surface area contributed by atoms with Gasteiger partial charge in [0.1, 0.15) is 0 Å². The molecular weight excluding hydrogens is 314 g/mol. The van der Waals surface area contributed by atoms with E-state index in [0.29, 0.717) is 0 Å². The second kappa shape index (κ2) is 13.4. The normalized spacial score (nSPS) is 12.8. The van der Waals surface area contributed by atoms with Gasteiger partial charge in [-0.2, -0.15) is 0 Å². The molecule has 0 atom stereocenters. The van der Waals surface area contributed by atoms with Gasteiger partial charge in [-0.15, -0.1) is 0 Å². The highest BCUT2D eigenvalue weighted by molar-refractivity contribution is 5.48. The minimum atomic E-state index is 0.974. The van der Waals surface area contributed by atoms with Gasteiger partial charge in [-0.25, -0.2) is 0 Å². The van der Waals surface area contributed by atoms with Crippen LogP contribution >= 0.6 is 0 Å². The number of likely N-dealkylation sites (N-methyl/N-ethyl adjacent to an activating group) is 1. The average molecular weight is 352 g/mol. The summed E-state index contributed by atoms with van der Waals surface area (Å²) in [7, 11) is 2.17. The predicted octanol–water partition coefficient (Wildman–Crippen LogP) is 7.05. The maximum Gasteiger partial charge on any atom is 0.0166 e. The first-order valence-electron chi connectivity index (χ1n) is 9.82. The average Bonchev–Trinajstić information content (AvgIpc) is 2.60. The Balaban J connectivity index is 2.25. The van der Waals surface area contributed by atoms with Crippen LogP contribution in [-0.4, -0.2) is 25.0 Å². The monoisotopic (exact) mass is 351 g/mol. The highest BCUT2D eigenvalue weighted by atomic mass is 15.1. The SMILES string of the molecule is CC(C)=CCC/C(C)=C\CC/C(C)=C/CN(C)C/C=C/c1ccccc1. The molecule has 26 heavy (non-hydrogen) atoms. The van der Waals surface area contributed by atoms with Crippen LogP contribution in [0.25, 0.3) is 6.08 Å². The Bertz CT molecular complexity index is 613. The Morgan fingerprint density at radius 2 is 1.42 bits per heavy atom. The third-order valence-corrected chi connectivity index (χ3v) is 4.40. The van der Waals surface area contributed by atoms with Crippen molar-refractivity contribution in [3.8, 4) is 0 Å². The largest absolute Gasteiger partial charge is 0.299 e. The van der Waals surface area contributed by atoms with Crippen molar-refractivity contribution in [2.24, 2.45) is 0 Å². The Morgan fingerprint density at radius 1 is 0.808 bits per heavy atom. The number of allylic oxidation sites excluding steroid dienone is 5. The van der Waals surface area contributed by atoms with E-state index < -0.39 is 0 Å². The van der Waals surface area contributed by atoms with Crippen LogP contribution in [-0.2, 0) is 0 Å². The first-order chi connectivity index (χ1) is 12.5. The molecular formula is C25H37N. The highest BCUT2D eigenvalue weighted by Crippen LogP contribution is 2.11. The summed E-state index contributed by atoms with van der Waals surface area (Å²) in [5, 5.41) is 0. The molecule has 1 nitrogen and oxygen atoms in total. The van der Waals surface area contributed by atoms with Crippen molar-refractivity contribution in [3.05, 3.63) is 76.9 Å². The summed E-state index contributed by atoms with van der Waals surface area (Å²) < 4.78 is 0.